The number of nitrogens with zero attached hydrogens (tertiary/aromatic N) is 2. The van der Waals surface area contributed by atoms with E-state index in [0.717, 1.165) is 19.4 Å². The van der Waals surface area contributed by atoms with Crippen molar-refractivity contribution in [1.29, 1.82) is 0 Å². The number of nitrogens with one attached hydrogen (secondary N) is 1. The largest absolute Gasteiger partial charge is 0.394 e. The van der Waals surface area contributed by atoms with Crippen LogP contribution in [0, 0.1) is 0 Å². The van der Waals surface area contributed by atoms with Crippen molar-refractivity contribution >= 4 is 0 Å². The molecule has 0 aromatic carbocycles. The molecule has 1 aliphatic rings. The van der Waals surface area contributed by atoms with Crippen molar-refractivity contribution in [3.05, 3.63) is 18.0 Å². The number of hydrogen-bond donors (Lipinski definition) is 2. The van der Waals surface area contributed by atoms with Crippen LogP contribution in [0.5, 0.6) is 0 Å². The first-order valence-electron chi connectivity index (χ1n) is 6.85. The highest BCUT2D eigenvalue weighted by Crippen LogP contribution is 2.29. The lowest BCUT2D eigenvalue weighted by atomic mass is 9.99. The average Bonchev–Trinajstić information content (AvgIpc) is 2.96. The Labute approximate surface area is 109 Å². The maximum absolute atomic E-state index is 9.55. The van der Waals surface area contributed by atoms with Gasteiger partial charge in [-0.2, -0.15) is 5.10 Å². The van der Waals surface area contributed by atoms with Crippen molar-refractivity contribution in [2.45, 2.75) is 64.1 Å². The number of aromatic nitrogens is 2. The van der Waals surface area contributed by atoms with E-state index in [1.165, 1.54) is 18.4 Å². The summed E-state index contributed by atoms with van der Waals surface area (Å²) in [5, 5.41) is 17.5. The summed E-state index contributed by atoms with van der Waals surface area (Å²) in [4.78, 5) is 0. The van der Waals surface area contributed by atoms with Gasteiger partial charge >= 0.3 is 0 Å². The molecule has 1 saturated carbocycles. The topological polar surface area (TPSA) is 50.1 Å². The third-order valence-electron chi connectivity index (χ3n) is 3.85. The molecule has 0 aliphatic heterocycles. The molecule has 4 heteroatoms. The molecule has 1 aromatic rings. The van der Waals surface area contributed by atoms with Gasteiger partial charge in [-0.05, 0) is 33.6 Å². The van der Waals surface area contributed by atoms with E-state index in [1.54, 1.807) is 0 Å². The molecule has 0 bridgehead atoms. The van der Waals surface area contributed by atoms with Gasteiger partial charge in [0.05, 0.1) is 18.3 Å². The monoisotopic (exact) mass is 251 g/mol. The van der Waals surface area contributed by atoms with Gasteiger partial charge in [0.2, 0.25) is 0 Å². The minimum Gasteiger partial charge on any atom is -0.394 e. The average molecular weight is 251 g/mol. The second-order valence-corrected chi connectivity index (χ2v) is 6.46. The van der Waals surface area contributed by atoms with Crippen molar-refractivity contribution in [2.24, 2.45) is 0 Å². The summed E-state index contributed by atoms with van der Waals surface area (Å²) >= 11 is 0. The van der Waals surface area contributed by atoms with Gasteiger partial charge in [-0.3, -0.25) is 4.68 Å². The van der Waals surface area contributed by atoms with E-state index in [9.17, 15) is 5.11 Å². The Hall–Kier alpha value is -0.870. The molecule has 0 amide bonds. The lowest BCUT2D eigenvalue weighted by molar-refractivity contribution is 0.163. The first-order valence-corrected chi connectivity index (χ1v) is 6.85. The minimum atomic E-state index is -0.0518. The van der Waals surface area contributed by atoms with Crippen molar-refractivity contribution in [2.75, 3.05) is 6.61 Å². The zero-order valence-electron chi connectivity index (χ0n) is 11.7. The molecule has 1 heterocycles. The predicted molar refractivity (Wildman–Crippen MR) is 72.3 cm³/mol. The Morgan fingerprint density at radius 2 is 2.06 bits per heavy atom. The predicted octanol–water partition coefficient (Wildman–Crippen LogP) is 2.03. The summed E-state index contributed by atoms with van der Waals surface area (Å²) in [6.45, 7) is 7.45. The second kappa shape index (κ2) is 5.02. The van der Waals surface area contributed by atoms with Gasteiger partial charge in [0.15, 0.2) is 0 Å². The minimum absolute atomic E-state index is 0.0280. The van der Waals surface area contributed by atoms with Crippen LogP contribution >= 0.6 is 0 Å². The quantitative estimate of drug-likeness (QED) is 0.861. The Balaban J connectivity index is 1.96. The van der Waals surface area contributed by atoms with Crippen molar-refractivity contribution in [3.63, 3.8) is 0 Å². The van der Waals surface area contributed by atoms with Gasteiger partial charge in [-0.1, -0.05) is 12.8 Å². The summed E-state index contributed by atoms with van der Waals surface area (Å²) < 4.78 is 1.99. The highest BCUT2D eigenvalue weighted by Gasteiger charge is 2.32. The fourth-order valence-corrected chi connectivity index (χ4v) is 2.55. The zero-order chi connectivity index (χ0) is 13.2. The SMILES string of the molecule is CC(C)(C)n1cc(CNC2(CO)CCCC2)cn1. The van der Waals surface area contributed by atoms with Crippen LogP contribution in [0.15, 0.2) is 12.4 Å². The number of aliphatic hydroxyl groups is 1. The van der Waals surface area contributed by atoms with Gasteiger partial charge < -0.3 is 10.4 Å². The summed E-state index contributed by atoms with van der Waals surface area (Å²) in [7, 11) is 0. The molecule has 0 spiro atoms. The summed E-state index contributed by atoms with van der Waals surface area (Å²) in [5.74, 6) is 0. The molecule has 2 N–H and O–H groups in total. The molecule has 18 heavy (non-hydrogen) atoms. The third-order valence-corrected chi connectivity index (χ3v) is 3.85. The van der Waals surface area contributed by atoms with Gasteiger partial charge in [0.25, 0.3) is 0 Å². The fourth-order valence-electron chi connectivity index (χ4n) is 2.55. The lowest BCUT2D eigenvalue weighted by Gasteiger charge is -2.27. The van der Waals surface area contributed by atoms with Gasteiger partial charge in [-0.25, -0.2) is 0 Å². The molecule has 102 valence electrons. The van der Waals surface area contributed by atoms with Crippen molar-refractivity contribution < 1.29 is 5.11 Å². The highest BCUT2D eigenvalue weighted by atomic mass is 16.3. The molecule has 2 rings (SSSR count). The van der Waals surface area contributed by atoms with Gasteiger partial charge in [-0.15, -0.1) is 0 Å². The first-order chi connectivity index (χ1) is 8.45. The van der Waals surface area contributed by atoms with Crippen LogP contribution in [0.4, 0.5) is 0 Å². The maximum Gasteiger partial charge on any atom is 0.0613 e. The van der Waals surface area contributed by atoms with E-state index in [2.05, 4.69) is 37.4 Å². The Kier molecular flexibility index (Phi) is 3.78. The van der Waals surface area contributed by atoms with E-state index in [4.69, 9.17) is 0 Å². The van der Waals surface area contributed by atoms with E-state index in [1.807, 2.05) is 10.9 Å². The Morgan fingerprint density at radius 1 is 1.39 bits per heavy atom. The number of hydrogen-bond acceptors (Lipinski definition) is 3. The van der Waals surface area contributed by atoms with E-state index >= 15 is 0 Å². The normalized spacial score (nSPS) is 19.3. The molecular weight excluding hydrogens is 226 g/mol. The van der Waals surface area contributed by atoms with Crippen LogP contribution in [0.1, 0.15) is 52.0 Å². The number of aliphatic hydroxyl groups excluding tert-OH is 1. The molecular formula is C14H25N3O. The Morgan fingerprint density at radius 3 is 2.56 bits per heavy atom. The lowest BCUT2D eigenvalue weighted by Crippen LogP contribution is -2.45. The molecule has 4 nitrogen and oxygen atoms in total. The summed E-state index contributed by atoms with van der Waals surface area (Å²) in [6.07, 6.45) is 8.60. The molecule has 1 aromatic heterocycles. The van der Waals surface area contributed by atoms with E-state index < -0.39 is 0 Å². The van der Waals surface area contributed by atoms with Crippen LogP contribution < -0.4 is 5.32 Å². The third kappa shape index (κ3) is 2.93. The number of rotatable bonds is 4. The van der Waals surface area contributed by atoms with E-state index in [-0.39, 0.29) is 17.7 Å². The summed E-state index contributed by atoms with van der Waals surface area (Å²) in [6, 6.07) is 0. The molecule has 1 aliphatic carbocycles. The molecule has 0 saturated heterocycles. The molecule has 0 radical (unpaired) electrons. The van der Waals surface area contributed by atoms with E-state index in [0.29, 0.717) is 0 Å². The van der Waals surface area contributed by atoms with Crippen molar-refractivity contribution in [1.82, 2.24) is 15.1 Å². The standard InChI is InChI=1S/C14H25N3O/c1-13(2,3)17-10-12(9-16-17)8-15-14(11-18)6-4-5-7-14/h9-10,15,18H,4-8,11H2,1-3H3. The first kappa shape index (κ1) is 13.6. The zero-order valence-corrected chi connectivity index (χ0v) is 11.7. The highest BCUT2D eigenvalue weighted by molar-refractivity contribution is 5.06. The van der Waals surface area contributed by atoms with Crippen LogP contribution in [-0.4, -0.2) is 27.0 Å². The van der Waals surface area contributed by atoms with Gasteiger partial charge in [0, 0.05) is 23.8 Å². The molecule has 0 unspecified atom stereocenters. The van der Waals surface area contributed by atoms with Gasteiger partial charge in [0.1, 0.15) is 0 Å². The molecule has 1 fully saturated rings. The van der Waals surface area contributed by atoms with Crippen LogP contribution in [0.3, 0.4) is 0 Å². The maximum atomic E-state index is 9.55. The summed E-state index contributed by atoms with van der Waals surface area (Å²) in [5.41, 5.74) is 1.16. The van der Waals surface area contributed by atoms with Crippen LogP contribution in [-0.2, 0) is 12.1 Å². The van der Waals surface area contributed by atoms with Crippen LogP contribution in [0.25, 0.3) is 0 Å². The Bertz CT molecular complexity index is 386. The van der Waals surface area contributed by atoms with Crippen molar-refractivity contribution in [3.8, 4) is 0 Å². The molecule has 0 atom stereocenters. The smallest absolute Gasteiger partial charge is 0.0613 e. The second-order valence-electron chi connectivity index (χ2n) is 6.46. The van der Waals surface area contributed by atoms with Crippen LogP contribution in [0.2, 0.25) is 0 Å². The fraction of sp³-hybridized carbons (Fsp3) is 0.786.